The predicted molar refractivity (Wildman–Crippen MR) is 126 cm³/mol. The van der Waals surface area contributed by atoms with Crippen molar-refractivity contribution in [1.82, 2.24) is 40.4 Å². The number of methoxy groups -OCH3 is 1. The van der Waals surface area contributed by atoms with Gasteiger partial charge in [-0.3, -0.25) is 4.57 Å². The third-order valence-corrected chi connectivity index (χ3v) is 7.32. The Morgan fingerprint density at radius 2 is 2.08 bits per heavy atom. The Kier molecular flexibility index (Phi) is 8.08. The highest BCUT2D eigenvalue weighted by Crippen LogP contribution is 2.53. The molecule has 3 aromatic rings. The zero-order chi connectivity index (χ0) is 27.0. The molecule has 37 heavy (non-hydrogen) atoms. The number of aliphatic hydroxyl groups excluding tert-OH is 2. The van der Waals surface area contributed by atoms with E-state index in [0.29, 0.717) is 11.2 Å². The third-order valence-electron chi connectivity index (χ3n) is 5.67. The Labute approximate surface area is 214 Å². The lowest BCUT2D eigenvalue weighted by atomic mass is 10.1. The zero-order valence-electron chi connectivity index (χ0n) is 20.0. The largest absolute Gasteiger partial charge is 0.387 e. The van der Waals surface area contributed by atoms with Crippen LogP contribution in [-0.4, -0.2) is 110 Å². The fraction of sp³-hybridized carbons (Fsp3) is 0.667. The first-order chi connectivity index (χ1) is 17.5. The van der Waals surface area contributed by atoms with E-state index in [2.05, 4.69) is 41.0 Å². The van der Waals surface area contributed by atoms with Crippen LogP contribution in [0.15, 0.2) is 6.20 Å². The summed E-state index contributed by atoms with van der Waals surface area (Å²) in [5, 5.41) is 40.1. The van der Waals surface area contributed by atoms with Crippen molar-refractivity contribution < 1.29 is 38.8 Å². The summed E-state index contributed by atoms with van der Waals surface area (Å²) in [5.74, 6) is 0.396. The molecule has 0 radical (unpaired) electrons. The van der Waals surface area contributed by atoms with Gasteiger partial charge in [-0.1, -0.05) is 5.21 Å². The second kappa shape index (κ2) is 10.8. The van der Waals surface area contributed by atoms with Crippen molar-refractivity contribution in [2.24, 2.45) is 0 Å². The van der Waals surface area contributed by atoms with Crippen molar-refractivity contribution in [3.63, 3.8) is 0 Å². The van der Waals surface area contributed by atoms with Crippen molar-refractivity contribution in [2.45, 2.75) is 56.2 Å². The standard InChI is InChI=1S/C18H27ClN9O8P/c1-8(2)21-14-9-5-20-28(15(9)23-17(19)22-14)16-13(30)12(29)10(36-16)6-35-18(7-34-3,37(31,32)33)4-11-24-26-27-25-11/h5,8,10,12-13,16,29-30H,4,6-7H2,1-3H3,(H,21,22,23)(H2,31,32,33)(H,24,25,26,27)/t10-,12-,13-,16-,18+/m1/s1. The highest BCUT2D eigenvalue weighted by atomic mass is 35.5. The summed E-state index contributed by atoms with van der Waals surface area (Å²) < 4.78 is 30.2. The molecular formula is C18H27ClN9O8P. The van der Waals surface area contributed by atoms with E-state index in [9.17, 15) is 24.6 Å². The van der Waals surface area contributed by atoms with Gasteiger partial charge in [0.1, 0.15) is 24.1 Å². The first-order valence-electron chi connectivity index (χ1n) is 11.1. The van der Waals surface area contributed by atoms with E-state index in [4.69, 9.17) is 25.8 Å². The molecule has 3 aromatic heterocycles. The molecule has 0 bridgehead atoms. The summed E-state index contributed by atoms with van der Waals surface area (Å²) in [6.07, 6.45) is -4.42. The second-order valence-electron chi connectivity index (χ2n) is 8.75. The van der Waals surface area contributed by atoms with Gasteiger partial charge in [-0.25, -0.2) is 4.68 Å². The van der Waals surface area contributed by atoms with E-state index in [1.165, 1.54) is 18.0 Å². The lowest BCUT2D eigenvalue weighted by Crippen LogP contribution is -2.44. The van der Waals surface area contributed by atoms with Gasteiger partial charge in [0.05, 0.1) is 31.2 Å². The summed E-state index contributed by atoms with van der Waals surface area (Å²) in [6, 6.07) is 0.0306. The fourth-order valence-corrected chi connectivity index (χ4v) is 4.97. The number of tetrazole rings is 1. The number of aromatic nitrogens is 8. The van der Waals surface area contributed by atoms with Crippen LogP contribution in [0.5, 0.6) is 0 Å². The Hall–Kier alpha value is -2.34. The SMILES string of the molecule is COC[C@@](Cc1nn[nH]n1)(OC[C@H]1O[C@@H](n2ncc3c(NC(C)C)nc(Cl)nc32)[C@H](O)[C@@H]1O)P(=O)(O)O. The van der Waals surface area contributed by atoms with Crippen LogP contribution >= 0.6 is 19.2 Å². The van der Waals surface area contributed by atoms with E-state index in [0.717, 1.165) is 0 Å². The van der Waals surface area contributed by atoms with Crippen LogP contribution in [0.1, 0.15) is 25.9 Å². The smallest absolute Gasteiger partial charge is 0.359 e. The molecule has 17 nitrogen and oxygen atoms in total. The lowest BCUT2D eigenvalue weighted by molar-refractivity contribution is -0.113. The summed E-state index contributed by atoms with van der Waals surface area (Å²) in [5.41, 5.74) is 0.238. The molecule has 204 valence electrons. The van der Waals surface area contributed by atoms with E-state index in [1.54, 1.807) is 0 Å². The maximum absolute atomic E-state index is 12.5. The molecule has 1 saturated heterocycles. The fourth-order valence-electron chi connectivity index (χ4n) is 3.92. The zero-order valence-corrected chi connectivity index (χ0v) is 21.6. The summed E-state index contributed by atoms with van der Waals surface area (Å²) in [7, 11) is -3.76. The number of H-pyrrole nitrogens is 1. The van der Waals surface area contributed by atoms with Crippen molar-refractivity contribution in [3.8, 4) is 0 Å². The van der Waals surface area contributed by atoms with Gasteiger partial charge in [-0.15, -0.1) is 10.2 Å². The first-order valence-corrected chi connectivity index (χ1v) is 13.0. The number of nitrogens with one attached hydrogen (secondary N) is 2. The quantitative estimate of drug-likeness (QED) is 0.124. The molecule has 1 fully saturated rings. The Bertz CT molecular complexity index is 1260. The molecule has 1 aliphatic rings. The van der Waals surface area contributed by atoms with Crippen molar-refractivity contribution in [2.75, 3.05) is 25.6 Å². The minimum atomic E-state index is -5.00. The summed E-state index contributed by atoms with van der Waals surface area (Å²) in [6.45, 7) is 2.76. The van der Waals surface area contributed by atoms with Gasteiger partial charge in [0.25, 0.3) is 0 Å². The number of aromatic amines is 1. The molecule has 5 atom stereocenters. The van der Waals surface area contributed by atoms with Crippen LogP contribution in [0, 0.1) is 0 Å². The molecule has 0 amide bonds. The van der Waals surface area contributed by atoms with E-state index in [1.807, 2.05) is 13.8 Å². The number of fused-ring (bicyclic) bond motifs is 1. The molecule has 4 rings (SSSR count). The molecule has 6 N–H and O–H groups in total. The predicted octanol–water partition coefficient (Wildman–Crippen LogP) is -0.788. The molecule has 1 aliphatic heterocycles. The minimum Gasteiger partial charge on any atom is -0.387 e. The number of nitrogens with zero attached hydrogens (tertiary/aromatic N) is 7. The van der Waals surface area contributed by atoms with Gasteiger partial charge in [-0.2, -0.15) is 20.3 Å². The summed E-state index contributed by atoms with van der Waals surface area (Å²) in [4.78, 5) is 28.6. The van der Waals surface area contributed by atoms with Crippen LogP contribution in [0.4, 0.5) is 5.82 Å². The van der Waals surface area contributed by atoms with E-state index >= 15 is 0 Å². The minimum absolute atomic E-state index is 0.0306. The molecule has 0 spiro atoms. The molecular weight excluding hydrogens is 537 g/mol. The van der Waals surface area contributed by atoms with Crippen LogP contribution in [0.2, 0.25) is 5.28 Å². The van der Waals surface area contributed by atoms with Crippen LogP contribution < -0.4 is 5.32 Å². The Morgan fingerprint density at radius 3 is 2.70 bits per heavy atom. The maximum Gasteiger partial charge on any atom is 0.359 e. The van der Waals surface area contributed by atoms with Gasteiger partial charge in [0, 0.05) is 13.2 Å². The Balaban J connectivity index is 1.58. The molecule has 0 unspecified atom stereocenters. The van der Waals surface area contributed by atoms with E-state index in [-0.39, 0.29) is 22.8 Å². The monoisotopic (exact) mass is 563 g/mol. The van der Waals surface area contributed by atoms with Gasteiger partial charge in [-0.05, 0) is 25.4 Å². The maximum atomic E-state index is 12.5. The second-order valence-corrected chi connectivity index (χ2v) is 11.0. The Morgan fingerprint density at radius 1 is 1.32 bits per heavy atom. The van der Waals surface area contributed by atoms with Crippen molar-refractivity contribution in [3.05, 3.63) is 17.3 Å². The van der Waals surface area contributed by atoms with Crippen molar-refractivity contribution in [1.29, 1.82) is 0 Å². The number of rotatable bonds is 11. The average molecular weight is 564 g/mol. The van der Waals surface area contributed by atoms with Crippen LogP contribution in [0.25, 0.3) is 11.0 Å². The van der Waals surface area contributed by atoms with Gasteiger partial charge in [0.15, 0.2) is 23.0 Å². The number of halogens is 1. The highest BCUT2D eigenvalue weighted by Gasteiger charge is 2.52. The number of aliphatic hydroxyl groups is 2. The summed E-state index contributed by atoms with van der Waals surface area (Å²) >= 11 is 6.09. The van der Waals surface area contributed by atoms with Gasteiger partial charge in [0.2, 0.25) is 5.28 Å². The molecule has 0 aliphatic carbocycles. The molecule has 0 aromatic carbocycles. The normalized spacial score (nSPS) is 24.1. The number of hydrogen-bond donors (Lipinski definition) is 6. The first kappa shape index (κ1) is 27.7. The molecule has 19 heteroatoms. The number of hydrogen-bond acceptors (Lipinski definition) is 13. The highest BCUT2D eigenvalue weighted by molar-refractivity contribution is 7.53. The van der Waals surface area contributed by atoms with E-state index < -0.39 is 57.1 Å². The number of anilines is 1. The lowest BCUT2D eigenvalue weighted by Gasteiger charge is -2.33. The van der Waals surface area contributed by atoms with Crippen molar-refractivity contribution >= 4 is 36.0 Å². The van der Waals surface area contributed by atoms with Gasteiger partial charge < -0.3 is 39.5 Å². The van der Waals surface area contributed by atoms with Crippen LogP contribution in [0.3, 0.4) is 0 Å². The van der Waals surface area contributed by atoms with Crippen LogP contribution in [-0.2, 0) is 25.2 Å². The number of ether oxygens (including phenoxy) is 3. The topological polar surface area (TPSA) is 236 Å². The molecule has 4 heterocycles. The average Bonchev–Trinajstić information content (AvgIpc) is 3.52. The third kappa shape index (κ3) is 5.59. The molecule has 0 saturated carbocycles. The van der Waals surface area contributed by atoms with Gasteiger partial charge >= 0.3 is 7.60 Å².